The quantitative estimate of drug-likeness (QED) is 0.884. The average molecular weight is 309 g/mol. The third-order valence-corrected chi connectivity index (χ3v) is 2.54. The molecule has 1 amide bonds. The Morgan fingerprint density at radius 1 is 0.955 bits per heavy atom. The molecule has 0 aliphatic rings. The molecule has 0 bridgehead atoms. The predicted molar refractivity (Wildman–Crippen MR) is 71.7 cm³/mol. The van der Waals surface area contributed by atoms with E-state index in [0.717, 1.165) is 18.2 Å². The Morgan fingerprint density at radius 3 is 2.27 bits per heavy atom. The van der Waals surface area contributed by atoms with E-state index in [4.69, 9.17) is 0 Å². The molecule has 2 aromatic carbocycles. The van der Waals surface area contributed by atoms with Gasteiger partial charge in [0.05, 0.1) is 5.56 Å². The molecular formula is C15H10F3NO3. The summed E-state index contributed by atoms with van der Waals surface area (Å²) in [4.78, 5) is 23.1. The summed E-state index contributed by atoms with van der Waals surface area (Å²) >= 11 is 0. The summed E-state index contributed by atoms with van der Waals surface area (Å²) in [6.45, 7) is -0.673. The molecule has 0 aliphatic carbocycles. The van der Waals surface area contributed by atoms with Crippen LogP contribution in [0.4, 0.5) is 18.9 Å². The molecule has 114 valence electrons. The monoisotopic (exact) mass is 309 g/mol. The van der Waals surface area contributed by atoms with Gasteiger partial charge in [0.15, 0.2) is 6.61 Å². The van der Waals surface area contributed by atoms with Crippen molar-refractivity contribution in [2.45, 2.75) is 0 Å². The van der Waals surface area contributed by atoms with E-state index in [-0.39, 0.29) is 11.3 Å². The van der Waals surface area contributed by atoms with E-state index in [0.29, 0.717) is 6.07 Å². The van der Waals surface area contributed by atoms with E-state index in [9.17, 15) is 22.8 Å². The molecule has 1 N–H and O–H groups in total. The molecule has 4 nitrogen and oxygen atoms in total. The molecule has 0 spiro atoms. The lowest BCUT2D eigenvalue weighted by atomic mass is 10.2. The molecule has 2 aromatic rings. The van der Waals surface area contributed by atoms with Crippen molar-refractivity contribution in [2.24, 2.45) is 0 Å². The number of carbonyl (C=O) groups is 2. The van der Waals surface area contributed by atoms with E-state index in [1.54, 1.807) is 0 Å². The van der Waals surface area contributed by atoms with Crippen molar-refractivity contribution in [3.63, 3.8) is 0 Å². The number of amides is 1. The fourth-order valence-corrected chi connectivity index (χ4v) is 1.65. The van der Waals surface area contributed by atoms with Crippen LogP contribution in [0.2, 0.25) is 0 Å². The zero-order valence-corrected chi connectivity index (χ0v) is 11.1. The van der Waals surface area contributed by atoms with Crippen LogP contribution in [-0.2, 0) is 9.53 Å². The zero-order chi connectivity index (χ0) is 16.1. The number of hydrogen-bond donors (Lipinski definition) is 1. The number of benzene rings is 2. The minimum absolute atomic E-state index is 0.192. The van der Waals surface area contributed by atoms with Gasteiger partial charge in [0, 0.05) is 11.8 Å². The Kier molecular flexibility index (Phi) is 4.77. The van der Waals surface area contributed by atoms with Crippen LogP contribution in [-0.4, -0.2) is 18.5 Å². The largest absolute Gasteiger partial charge is 0.452 e. The van der Waals surface area contributed by atoms with Crippen molar-refractivity contribution in [1.82, 2.24) is 0 Å². The Bertz CT molecular complexity index is 699. The molecule has 0 aliphatic heterocycles. The highest BCUT2D eigenvalue weighted by molar-refractivity contribution is 5.95. The van der Waals surface area contributed by atoms with Gasteiger partial charge in [-0.2, -0.15) is 0 Å². The number of nitrogens with one attached hydrogen (secondary N) is 1. The Morgan fingerprint density at radius 2 is 1.64 bits per heavy atom. The summed E-state index contributed by atoms with van der Waals surface area (Å²) in [6.07, 6.45) is 0. The summed E-state index contributed by atoms with van der Waals surface area (Å²) in [5, 5.41) is 2.31. The summed E-state index contributed by atoms with van der Waals surface area (Å²) < 4.78 is 43.4. The molecule has 0 atom stereocenters. The molecule has 0 aromatic heterocycles. The lowest BCUT2D eigenvalue weighted by Gasteiger charge is -2.07. The van der Waals surface area contributed by atoms with Crippen molar-refractivity contribution in [3.05, 3.63) is 65.5 Å². The van der Waals surface area contributed by atoms with Gasteiger partial charge in [-0.05, 0) is 30.3 Å². The van der Waals surface area contributed by atoms with Crippen molar-refractivity contribution >= 4 is 17.6 Å². The van der Waals surface area contributed by atoms with Crippen LogP contribution < -0.4 is 5.32 Å². The van der Waals surface area contributed by atoms with Gasteiger partial charge in [-0.3, -0.25) is 4.79 Å². The standard InChI is InChI=1S/C15H10F3NO3/c16-10-2-1-3-13(7-10)19-14(20)8-22-15(21)9-4-11(17)6-12(18)5-9/h1-7H,8H2,(H,19,20). The molecule has 0 radical (unpaired) electrons. The smallest absolute Gasteiger partial charge is 0.338 e. The van der Waals surface area contributed by atoms with E-state index in [1.807, 2.05) is 0 Å². The molecule has 22 heavy (non-hydrogen) atoms. The molecule has 0 fully saturated rings. The van der Waals surface area contributed by atoms with E-state index in [1.165, 1.54) is 18.2 Å². The van der Waals surface area contributed by atoms with E-state index >= 15 is 0 Å². The maximum absolute atomic E-state index is 12.9. The van der Waals surface area contributed by atoms with Gasteiger partial charge < -0.3 is 10.1 Å². The Hall–Kier alpha value is -2.83. The van der Waals surface area contributed by atoms with Crippen LogP contribution in [0, 0.1) is 17.5 Å². The molecular weight excluding hydrogens is 299 g/mol. The maximum atomic E-state index is 12.9. The van der Waals surface area contributed by atoms with Crippen LogP contribution in [0.25, 0.3) is 0 Å². The molecule has 0 saturated carbocycles. The van der Waals surface area contributed by atoms with Gasteiger partial charge in [0.1, 0.15) is 17.5 Å². The number of hydrogen-bond acceptors (Lipinski definition) is 3. The van der Waals surface area contributed by atoms with Crippen LogP contribution in [0.1, 0.15) is 10.4 Å². The fraction of sp³-hybridized carbons (Fsp3) is 0.0667. The average Bonchev–Trinajstić information content (AvgIpc) is 2.43. The second-order valence-electron chi connectivity index (χ2n) is 4.29. The minimum atomic E-state index is -1.05. The Balaban J connectivity index is 1.92. The summed E-state index contributed by atoms with van der Waals surface area (Å²) in [5.41, 5.74) is -0.158. The number of ether oxygens (including phenoxy) is 1. The molecule has 0 saturated heterocycles. The summed E-state index contributed by atoms with van der Waals surface area (Å²) in [5.74, 6) is -4.17. The van der Waals surface area contributed by atoms with Gasteiger partial charge in [-0.1, -0.05) is 6.07 Å². The Labute approximate surface area is 123 Å². The van der Waals surface area contributed by atoms with Crippen LogP contribution in [0.3, 0.4) is 0 Å². The van der Waals surface area contributed by atoms with Gasteiger partial charge >= 0.3 is 5.97 Å². The minimum Gasteiger partial charge on any atom is -0.452 e. The first-order valence-electron chi connectivity index (χ1n) is 6.12. The van der Waals surface area contributed by atoms with E-state index < -0.39 is 35.9 Å². The van der Waals surface area contributed by atoms with Gasteiger partial charge in [0.25, 0.3) is 5.91 Å². The molecule has 2 rings (SSSR count). The third kappa shape index (κ3) is 4.34. The zero-order valence-electron chi connectivity index (χ0n) is 11.1. The molecule has 0 heterocycles. The van der Waals surface area contributed by atoms with Crippen molar-refractivity contribution < 1.29 is 27.5 Å². The van der Waals surface area contributed by atoms with Crippen LogP contribution in [0.5, 0.6) is 0 Å². The van der Waals surface area contributed by atoms with Gasteiger partial charge in [0.2, 0.25) is 0 Å². The number of rotatable bonds is 4. The second kappa shape index (κ2) is 6.75. The highest BCUT2D eigenvalue weighted by Crippen LogP contribution is 2.10. The van der Waals surface area contributed by atoms with Gasteiger partial charge in [-0.15, -0.1) is 0 Å². The van der Waals surface area contributed by atoms with E-state index in [2.05, 4.69) is 10.1 Å². The molecule has 0 unspecified atom stereocenters. The first kappa shape index (κ1) is 15.6. The highest BCUT2D eigenvalue weighted by atomic mass is 19.1. The van der Waals surface area contributed by atoms with Crippen LogP contribution in [0.15, 0.2) is 42.5 Å². The second-order valence-corrected chi connectivity index (χ2v) is 4.29. The SMILES string of the molecule is O=C(COC(=O)c1cc(F)cc(F)c1)Nc1cccc(F)c1. The normalized spacial score (nSPS) is 10.1. The number of esters is 1. The molecule has 7 heteroatoms. The van der Waals surface area contributed by atoms with Crippen molar-refractivity contribution in [3.8, 4) is 0 Å². The number of anilines is 1. The van der Waals surface area contributed by atoms with Crippen molar-refractivity contribution in [2.75, 3.05) is 11.9 Å². The topological polar surface area (TPSA) is 55.4 Å². The number of halogens is 3. The lowest BCUT2D eigenvalue weighted by molar-refractivity contribution is -0.119. The highest BCUT2D eigenvalue weighted by Gasteiger charge is 2.13. The summed E-state index contributed by atoms with van der Waals surface area (Å²) in [6, 6.07) is 7.31. The van der Waals surface area contributed by atoms with Crippen LogP contribution >= 0.6 is 0 Å². The number of carbonyl (C=O) groups excluding carboxylic acids is 2. The van der Waals surface area contributed by atoms with Crippen molar-refractivity contribution in [1.29, 1.82) is 0 Å². The maximum Gasteiger partial charge on any atom is 0.338 e. The summed E-state index contributed by atoms with van der Waals surface area (Å²) in [7, 11) is 0. The first-order valence-corrected chi connectivity index (χ1v) is 6.12. The fourth-order valence-electron chi connectivity index (χ4n) is 1.65. The predicted octanol–water partition coefficient (Wildman–Crippen LogP) is 2.90. The van der Waals surface area contributed by atoms with Gasteiger partial charge in [-0.25, -0.2) is 18.0 Å². The first-order chi connectivity index (χ1) is 10.4. The lowest BCUT2D eigenvalue weighted by Crippen LogP contribution is -2.21. The third-order valence-electron chi connectivity index (χ3n) is 2.54.